The molecule has 2 aromatic rings. The molecule has 0 aliphatic carbocycles. The highest BCUT2D eigenvalue weighted by Crippen LogP contribution is 2.25. The Bertz CT molecular complexity index is 396. The predicted octanol–water partition coefficient (Wildman–Crippen LogP) is 2.60. The Balaban J connectivity index is 2.96. The summed E-state index contributed by atoms with van der Waals surface area (Å²) in [7, 11) is 0. The molecule has 56 valence electrons. The van der Waals surface area contributed by atoms with Crippen molar-refractivity contribution < 1.29 is 0 Å². The Morgan fingerprint density at radius 1 is 1.45 bits per heavy atom. The lowest BCUT2D eigenvalue weighted by molar-refractivity contribution is 1.20. The highest BCUT2D eigenvalue weighted by atomic mass is 127. The van der Waals surface area contributed by atoms with E-state index in [9.17, 15) is 0 Å². The number of nitrogens with zero attached hydrogens (tertiary/aromatic N) is 2. The Labute approximate surface area is 81.8 Å². The summed E-state index contributed by atoms with van der Waals surface area (Å²) in [4.78, 5) is 9.37. The van der Waals surface area contributed by atoms with Gasteiger partial charge in [0, 0.05) is 5.39 Å². The molecule has 11 heavy (non-hydrogen) atoms. The van der Waals surface area contributed by atoms with Gasteiger partial charge in [0.2, 0.25) is 0 Å². The molecule has 0 fully saturated rings. The molecule has 4 heteroatoms. The number of aryl methyl sites for hydroxylation is 1. The molecule has 0 aliphatic heterocycles. The van der Waals surface area contributed by atoms with Gasteiger partial charge in [-0.25, -0.2) is 9.97 Å². The monoisotopic (exact) mass is 276 g/mol. The Hall–Kier alpha value is -0.230. The topological polar surface area (TPSA) is 25.8 Å². The molecule has 0 spiro atoms. The van der Waals surface area contributed by atoms with E-state index < -0.39 is 0 Å². The molecule has 0 aliphatic rings. The third kappa shape index (κ3) is 1.14. The van der Waals surface area contributed by atoms with Crippen LogP contribution in [0.5, 0.6) is 0 Å². The fourth-order valence-electron chi connectivity index (χ4n) is 0.973. The number of halogens is 1. The second-order valence-electron chi connectivity index (χ2n) is 2.26. The maximum atomic E-state index is 4.17. The van der Waals surface area contributed by atoms with Gasteiger partial charge < -0.3 is 0 Å². The summed E-state index contributed by atoms with van der Waals surface area (Å²) in [6.45, 7) is 2.09. The number of aromatic nitrogens is 2. The van der Waals surface area contributed by atoms with E-state index in [4.69, 9.17) is 0 Å². The lowest BCUT2D eigenvalue weighted by Crippen LogP contribution is -1.83. The zero-order chi connectivity index (χ0) is 7.84. The van der Waals surface area contributed by atoms with Gasteiger partial charge in [0.15, 0.2) is 0 Å². The summed E-state index contributed by atoms with van der Waals surface area (Å²) >= 11 is 3.91. The average Bonchev–Trinajstić information content (AvgIpc) is 2.34. The maximum absolute atomic E-state index is 4.17. The van der Waals surface area contributed by atoms with Crippen LogP contribution in [-0.4, -0.2) is 9.97 Å². The van der Waals surface area contributed by atoms with E-state index in [0.717, 1.165) is 8.53 Å². The summed E-state index contributed by atoms with van der Waals surface area (Å²) < 4.78 is 1.05. The summed E-state index contributed by atoms with van der Waals surface area (Å²) in [5.74, 6) is 0. The van der Waals surface area contributed by atoms with Gasteiger partial charge in [-0.2, -0.15) is 0 Å². The van der Waals surface area contributed by atoms with Crippen molar-refractivity contribution in [3.8, 4) is 0 Å². The fourth-order valence-corrected chi connectivity index (χ4v) is 2.85. The van der Waals surface area contributed by atoms with E-state index in [1.807, 2.05) is 0 Å². The van der Waals surface area contributed by atoms with Crippen molar-refractivity contribution in [1.82, 2.24) is 9.97 Å². The molecule has 0 unspecified atom stereocenters. The van der Waals surface area contributed by atoms with Crippen molar-refractivity contribution in [2.24, 2.45) is 0 Å². The minimum absolute atomic E-state index is 1.05. The number of fused-ring (bicyclic) bond motifs is 1. The summed E-state index contributed by atoms with van der Waals surface area (Å²) in [6, 6.07) is 0. The van der Waals surface area contributed by atoms with E-state index in [0.29, 0.717) is 0 Å². The van der Waals surface area contributed by atoms with Crippen molar-refractivity contribution in [2.45, 2.75) is 6.92 Å². The van der Waals surface area contributed by atoms with Gasteiger partial charge >= 0.3 is 0 Å². The molecule has 0 aromatic carbocycles. The summed E-state index contributed by atoms with van der Waals surface area (Å²) in [6.07, 6.45) is 1.61. The Kier molecular flexibility index (Phi) is 1.80. The average molecular weight is 276 g/mol. The van der Waals surface area contributed by atoms with Gasteiger partial charge in [-0.05, 0) is 40.5 Å². The highest BCUT2D eigenvalue weighted by Gasteiger charge is 2.04. The first kappa shape index (κ1) is 7.42. The largest absolute Gasteiger partial charge is 0.230 e. The predicted molar refractivity (Wildman–Crippen MR) is 54.9 cm³/mol. The van der Waals surface area contributed by atoms with Crippen molar-refractivity contribution >= 4 is 44.1 Å². The Morgan fingerprint density at radius 3 is 3.00 bits per heavy atom. The first-order valence-electron chi connectivity index (χ1n) is 3.13. The second kappa shape index (κ2) is 2.67. The first-order chi connectivity index (χ1) is 5.29. The molecule has 0 bridgehead atoms. The van der Waals surface area contributed by atoms with E-state index in [1.54, 1.807) is 17.7 Å². The standard InChI is InChI=1S/C7H5IN2S/c1-4-2-11-7-5(4)6(8)9-3-10-7/h2-3H,1H3. The second-order valence-corrected chi connectivity index (χ2v) is 4.14. The molecule has 0 saturated carbocycles. The quantitative estimate of drug-likeness (QED) is 0.546. The number of rotatable bonds is 0. The van der Waals surface area contributed by atoms with E-state index >= 15 is 0 Å². The van der Waals surface area contributed by atoms with Crippen LogP contribution in [0.1, 0.15) is 5.56 Å². The van der Waals surface area contributed by atoms with Gasteiger partial charge in [0.25, 0.3) is 0 Å². The first-order valence-corrected chi connectivity index (χ1v) is 5.09. The molecule has 2 aromatic heterocycles. The lowest BCUT2D eigenvalue weighted by atomic mass is 10.3. The fraction of sp³-hybridized carbons (Fsp3) is 0.143. The SMILES string of the molecule is Cc1csc2ncnc(I)c12. The lowest BCUT2D eigenvalue weighted by Gasteiger charge is -1.91. The van der Waals surface area contributed by atoms with Crippen LogP contribution in [0.2, 0.25) is 0 Å². The maximum Gasteiger partial charge on any atom is 0.128 e. The van der Waals surface area contributed by atoms with Crippen LogP contribution in [0.15, 0.2) is 11.7 Å². The highest BCUT2D eigenvalue weighted by molar-refractivity contribution is 14.1. The summed E-state index contributed by atoms with van der Waals surface area (Å²) in [5.41, 5.74) is 1.27. The number of hydrogen-bond donors (Lipinski definition) is 0. The van der Waals surface area contributed by atoms with Crippen LogP contribution in [-0.2, 0) is 0 Å². The van der Waals surface area contributed by atoms with E-state index in [2.05, 4.69) is 44.9 Å². The normalized spacial score (nSPS) is 10.7. The van der Waals surface area contributed by atoms with Gasteiger partial charge in [0.05, 0.1) is 0 Å². The molecule has 2 nitrogen and oxygen atoms in total. The van der Waals surface area contributed by atoms with Crippen LogP contribution < -0.4 is 0 Å². The zero-order valence-corrected chi connectivity index (χ0v) is 8.81. The molecule has 0 amide bonds. The van der Waals surface area contributed by atoms with Crippen molar-refractivity contribution in [3.05, 3.63) is 21.0 Å². The van der Waals surface area contributed by atoms with Gasteiger partial charge in [-0.3, -0.25) is 0 Å². The third-order valence-electron chi connectivity index (χ3n) is 1.51. The molecular formula is C7H5IN2S. The van der Waals surface area contributed by atoms with E-state index in [1.165, 1.54) is 10.9 Å². The van der Waals surface area contributed by atoms with Crippen molar-refractivity contribution in [3.63, 3.8) is 0 Å². The van der Waals surface area contributed by atoms with Crippen LogP contribution in [0.25, 0.3) is 10.2 Å². The molecule has 2 rings (SSSR count). The van der Waals surface area contributed by atoms with Crippen LogP contribution in [0.4, 0.5) is 0 Å². The minimum atomic E-state index is 1.05. The summed E-state index contributed by atoms with van der Waals surface area (Å²) in [5, 5.41) is 3.32. The molecule has 0 saturated heterocycles. The molecule has 2 heterocycles. The van der Waals surface area contributed by atoms with Gasteiger partial charge in [0.1, 0.15) is 14.9 Å². The number of hydrogen-bond acceptors (Lipinski definition) is 3. The molecule has 0 N–H and O–H groups in total. The Morgan fingerprint density at radius 2 is 2.27 bits per heavy atom. The smallest absolute Gasteiger partial charge is 0.128 e. The third-order valence-corrected chi connectivity index (χ3v) is 3.33. The molecular weight excluding hydrogens is 271 g/mol. The van der Waals surface area contributed by atoms with Gasteiger partial charge in [-0.1, -0.05) is 0 Å². The van der Waals surface area contributed by atoms with Crippen molar-refractivity contribution in [1.29, 1.82) is 0 Å². The zero-order valence-electron chi connectivity index (χ0n) is 5.84. The van der Waals surface area contributed by atoms with Crippen molar-refractivity contribution in [2.75, 3.05) is 0 Å². The molecule has 0 radical (unpaired) electrons. The van der Waals surface area contributed by atoms with E-state index in [-0.39, 0.29) is 0 Å². The minimum Gasteiger partial charge on any atom is -0.230 e. The van der Waals surface area contributed by atoms with Crippen LogP contribution in [0.3, 0.4) is 0 Å². The van der Waals surface area contributed by atoms with Crippen LogP contribution in [0, 0.1) is 10.6 Å². The molecule has 0 atom stereocenters. The number of thiophene rings is 1. The van der Waals surface area contributed by atoms with Gasteiger partial charge in [-0.15, -0.1) is 11.3 Å². The van der Waals surface area contributed by atoms with Crippen LogP contribution >= 0.6 is 33.9 Å².